The zero-order valence-electron chi connectivity index (χ0n) is 22.1. The van der Waals surface area contributed by atoms with E-state index in [0.29, 0.717) is 22.7 Å². The number of rotatable bonds is 5. The van der Waals surface area contributed by atoms with Crippen molar-refractivity contribution in [3.05, 3.63) is 85.1 Å². The smallest absolute Gasteiger partial charge is 0.408 e. The van der Waals surface area contributed by atoms with Gasteiger partial charge in [-0.1, -0.05) is 54.6 Å². The highest BCUT2D eigenvalue weighted by molar-refractivity contribution is 5.98. The Balaban J connectivity index is 1.40. The van der Waals surface area contributed by atoms with E-state index in [-0.39, 0.29) is 0 Å². The number of amides is 1. The number of carbonyl (C=O) groups excluding carboxylic acids is 1. The van der Waals surface area contributed by atoms with Crippen LogP contribution in [0.15, 0.2) is 83.9 Å². The molecule has 0 aliphatic heterocycles. The van der Waals surface area contributed by atoms with Crippen molar-refractivity contribution in [2.24, 2.45) is 0 Å². The van der Waals surface area contributed by atoms with Gasteiger partial charge in [0.15, 0.2) is 0 Å². The number of benzene rings is 2. The van der Waals surface area contributed by atoms with Crippen LogP contribution in [0.2, 0.25) is 0 Å². The van der Waals surface area contributed by atoms with E-state index in [0.717, 1.165) is 47.1 Å². The summed E-state index contributed by atoms with van der Waals surface area (Å²) in [5.74, 6) is 0.687. The van der Waals surface area contributed by atoms with Crippen molar-refractivity contribution in [3.8, 4) is 33.7 Å². The van der Waals surface area contributed by atoms with Crippen LogP contribution in [-0.2, 0) is 10.3 Å². The van der Waals surface area contributed by atoms with Crippen molar-refractivity contribution in [1.29, 1.82) is 0 Å². The topological polar surface area (TPSA) is 103 Å². The SMILES string of the molecule is CC(C)(C)OC(=O)NC1(c2ccc(-c3oc4ncc(-c5cncnc5)nc4c3-c3ccccc3)cc2)CCC1. The van der Waals surface area contributed by atoms with Crippen molar-refractivity contribution in [2.45, 2.75) is 51.2 Å². The molecule has 0 unspecified atom stereocenters. The molecule has 0 spiro atoms. The monoisotopic (exact) mass is 519 g/mol. The molecule has 1 aliphatic carbocycles. The van der Waals surface area contributed by atoms with Gasteiger partial charge in [-0.15, -0.1) is 0 Å². The van der Waals surface area contributed by atoms with Crippen LogP contribution in [0, 0.1) is 0 Å². The van der Waals surface area contributed by atoms with E-state index in [4.69, 9.17) is 14.1 Å². The van der Waals surface area contributed by atoms with E-state index in [1.807, 2.05) is 63.2 Å². The molecule has 0 radical (unpaired) electrons. The average Bonchev–Trinajstić information content (AvgIpc) is 3.30. The van der Waals surface area contributed by atoms with Crippen molar-refractivity contribution in [2.75, 3.05) is 0 Å². The van der Waals surface area contributed by atoms with Gasteiger partial charge < -0.3 is 14.5 Å². The zero-order chi connectivity index (χ0) is 27.0. The van der Waals surface area contributed by atoms with Gasteiger partial charge in [-0.25, -0.2) is 24.7 Å². The molecule has 6 rings (SSSR count). The maximum atomic E-state index is 12.6. The van der Waals surface area contributed by atoms with E-state index in [9.17, 15) is 4.79 Å². The first-order valence-electron chi connectivity index (χ1n) is 13.0. The normalized spacial score (nSPS) is 14.5. The summed E-state index contributed by atoms with van der Waals surface area (Å²) in [4.78, 5) is 30.3. The van der Waals surface area contributed by atoms with Gasteiger partial charge in [-0.2, -0.15) is 0 Å². The fourth-order valence-electron chi connectivity index (χ4n) is 4.97. The molecule has 0 atom stereocenters. The molecule has 1 N–H and O–H groups in total. The summed E-state index contributed by atoms with van der Waals surface area (Å²) in [6.07, 6.45) is 8.98. The third kappa shape index (κ3) is 4.85. The number of ether oxygens (including phenoxy) is 1. The Bertz CT molecular complexity index is 1620. The Morgan fingerprint density at radius 2 is 1.64 bits per heavy atom. The summed E-state index contributed by atoms with van der Waals surface area (Å²) in [6.45, 7) is 5.60. The number of hydrogen-bond donors (Lipinski definition) is 1. The van der Waals surface area contributed by atoms with Gasteiger partial charge in [0.1, 0.15) is 23.2 Å². The Kier molecular flexibility index (Phi) is 6.10. The van der Waals surface area contributed by atoms with Crippen LogP contribution in [0.1, 0.15) is 45.6 Å². The van der Waals surface area contributed by atoms with Crippen LogP contribution < -0.4 is 5.32 Å². The Morgan fingerprint density at radius 3 is 2.28 bits per heavy atom. The second-order valence-electron chi connectivity index (χ2n) is 10.8. The van der Waals surface area contributed by atoms with Crippen molar-refractivity contribution >= 4 is 17.3 Å². The van der Waals surface area contributed by atoms with Crippen LogP contribution in [-0.4, -0.2) is 31.6 Å². The highest BCUT2D eigenvalue weighted by atomic mass is 16.6. The number of hydrogen-bond acceptors (Lipinski definition) is 7. The van der Waals surface area contributed by atoms with Crippen molar-refractivity contribution in [3.63, 3.8) is 0 Å². The first-order chi connectivity index (χ1) is 18.8. The quantitative estimate of drug-likeness (QED) is 0.269. The van der Waals surface area contributed by atoms with E-state index in [1.54, 1.807) is 18.6 Å². The standard InChI is InChI=1S/C31H29N5O3/c1-30(2,3)39-29(37)36-31(14-7-15-31)23-12-10-21(11-13-23)27-25(20-8-5-4-6-9-20)26-28(38-27)34-18-24(35-26)22-16-32-19-33-17-22/h4-6,8-13,16-19H,7,14-15H2,1-3H3,(H,36,37). The third-order valence-electron chi connectivity index (χ3n) is 6.97. The highest BCUT2D eigenvalue weighted by Gasteiger charge is 2.41. The molecular formula is C31H29N5O3. The van der Waals surface area contributed by atoms with Crippen LogP contribution >= 0.6 is 0 Å². The Hall–Kier alpha value is -4.59. The molecule has 0 bridgehead atoms. The molecule has 2 aromatic carbocycles. The average molecular weight is 520 g/mol. The summed E-state index contributed by atoms with van der Waals surface area (Å²) in [5.41, 5.74) is 5.39. The summed E-state index contributed by atoms with van der Waals surface area (Å²) < 4.78 is 11.9. The predicted octanol–water partition coefficient (Wildman–Crippen LogP) is 6.92. The van der Waals surface area contributed by atoms with Gasteiger partial charge in [0.05, 0.1) is 23.0 Å². The molecule has 0 saturated heterocycles. The van der Waals surface area contributed by atoms with E-state index in [1.165, 1.54) is 6.33 Å². The number of aromatic nitrogens is 4. The van der Waals surface area contributed by atoms with Crippen LogP contribution in [0.25, 0.3) is 44.9 Å². The first kappa shape index (κ1) is 24.7. The maximum Gasteiger partial charge on any atom is 0.408 e. The maximum absolute atomic E-state index is 12.6. The second-order valence-corrected chi connectivity index (χ2v) is 10.8. The molecule has 3 aromatic heterocycles. The van der Waals surface area contributed by atoms with E-state index in [2.05, 4.69) is 32.4 Å². The fourth-order valence-corrected chi connectivity index (χ4v) is 4.97. The van der Waals surface area contributed by atoms with Crippen molar-refractivity contribution in [1.82, 2.24) is 25.3 Å². The molecular weight excluding hydrogens is 490 g/mol. The minimum atomic E-state index is -0.552. The summed E-state index contributed by atoms with van der Waals surface area (Å²) in [6, 6.07) is 18.2. The summed E-state index contributed by atoms with van der Waals surface area (Å²) in [5, 5.41) is 3.13. The van der Waals surface area contributed by atoms with E-state index >= 15 is 0 Å². The molecule has 5 aromatic rings. The van der Waals surface area contributed by atoms with Gasteiger partial charge in [0.2, 0.25) is 5.71 Å². The second kappa shape index (κ2) is 9.62. The molecule has 196 valence electrons. The van der Waals surface area contributed by atoms with Crippen LogP contribution in [0.3, 0.4) is 0 Å². The molecule has 1 amide bonds. The minimum Gasteiger partial charge on any atom is -0.444 e. The Labute approximate surface area is 226 Å². The number of carbonyl (C=O) groups is 1. The molecule has 1 fully saturated rings. The molecule has 1 saturated carbocycles. The fraction of sp³-hybridized carbons (Fsp3) is 0.258. The lowest BCUT2D eigenvalue weighted by Crippen LogP contribution is -2.52. The lowest BCUT2D eigenvalue weighted by Gasteiger charge is -2.43. The van der Waals surface area contributed by atoms with Gasteiger partial charge in [-0.05, 0) is 51.2 Å². The number of furan rings is 1. The lowest BCUT2D eigenvalue weighted by molar-refractivity contribution is 0.0377. The molecule has 3 heterocycles. The lowest BCUT2D eigenvalue weighted by atomic mass is 9.71. The summed E-state index contributed by atoms with van der Waals surface area (Å²) in [7, 11) is 0. The molecule has 1 aliphatic rings. The Morgan fingerprint density at radius 1 is 0.923 bits per heavy atom. The predicted molar refractivity (Wildman–Crippen MR) is 149 cm³/mol. The molecule has 8 nitrogen and oxygen atoms in total. The number of alkyl carbamates (subject to hydrolysis) is 1. The van der Waals surface area contributed by atoms with Gasteiger partial charge in [-0.3, -0.25) is 0 Å². The van der Waals surface area contributed by atoms with Crippen LogP contribution in [0.5, 0.6) is 0 Å². The zero-order valence-corrected chi connectivity index (χ0v) is 22.1. The highest BCUT2D eigenvalue weighted by Crippen LogP contribution is 2.44. The van der Waals surface area contributed by atoms with Gasteiger partial charge >= 0.3 is 6.09 Å². The molecule has 39 heavy (non-hydrogen) atoms. The third-order valence-corrected chi connectivity index (χ3v) is 6.97. The number of nitrogens with zero attached hydrogens (tertiary/aromatic N) is 4. The van der Waals surface area contributed by atoms with Gasteiger partial charge in [0, 0.05) is 23.5 Å². The molecule has 8 heteroatoms. The van der Waals surface area contributed by atoms with Gasteiger partial charge in [0.25, 0.3) is 0 Å². The van der Waals surface area contributed by atoms with E-state index < -0.39 is 17.2 Å². The summed E-state index contributed by atoms with van der Waals surface area (Å²) >= 11 is 0. The number of nitrogens with one attached hydrogen (secondary N) is 1. The number of fused-ring (bicyclic) bond motifs is 1. The minimum absolute atomic E-state index is 0.397. The van der Waals surface area contributed by atoms with Crippen LogP contribution in [0.4, 0.5) is 4.79 Å². The first-order valence-corrected chi connectivity index (χ1v) is 13.0. The largest absolute Gasteiger partial charge is 0.444 e. The van der Waals surface area contributed by atoms with Crippen molar-refractivity contribution < 1.29 is 13.9 Å².